The van der Waals surface area contributed by atoms with Gasteiger partial charge in [-0.15, -0.1) is 0 Å². The van der Waals surface area contributed by atoms with Gasteiger partial charge in [-0.2, -0.15) is 0 Å². The highest BCUT2D eigenvalue weighted by Crippen LogP contribution is 2.26. The molecule has 0 saturated carbocycles. The zero-order chi connectivity index (χ0) is 12.3. The summed E-state index contributed by atoms with van der Waals surface area (Å²) in [5.41, 5.74) is 6.17. The van der Waals surface area contributed by atoms with E-state index in [1.807, 2.05) is 19.1 Å². The van der Waals surface area contributed by atoms with E-state index in [9.17, 15) is 9.59 Å². The van der Waals surface area contributed by atoms with Crippen LogP contribution in [0.5, 0.6) is 0 Å². The van der Waals surface area contributed by atoms with Gasteiger partial charge in [0.15, 0.2) is 5.78 Å². The number of allylic oxidation sites excluding steroid dienone is 4. The van der Waals surface area contributed by atoms with Crippen LogP contribution in [0.15, 0.2) is 23.8 Å². The van der Waals surface area contributed by atoms with Crippen molar-refractivity contribution in [2.24, 2.45) is 17.6 Å². The predicted molar refractivity (Wildman–Crippen MR) is 60.8 cm³/mol. The van der Waals surface area contributed by atoms with Crippen LogP contribution in [-0.4, -0.2) is 22.9 Å². The van der Waals surface area contributed by atoms with Crippen LogP contribution in [0.1, 0.15) is 20.3 Å². The maximum absolute atomic E-state index is 11.1. The van der Waals surface area contributed by atoms with Crippen molar-refractivity contribution < 1.29 is 14.7 Å². The first-order valence-electron chi connectivity index (χ1n) is 5.31. The van der Waals surface area contributed by atoms with E-state index in [0.29, 0.717) is 12.0 Å². The fraction of sp³-hybridized carbons (Fsp3) is 0.500. The third-order valence-electron chi connectivity index (χ3n) is 2.89. The van der Waals surface area contributed by atoms with Gasteiger partial charge in [0.2, 0.25) is 0 Å². The maximum Gasteiger partial charge on any atom is 0.320 e. The summed E-state index contributed by atoms with van der Waals surface area (Å²) < 4.78 is 0. The molecule has 1 rings (SSSR count). The minimum atomic E-state index is -0.984. The molecule has 1 aliphatic rings. The summed E-state index contributed by atoms with van der Waals surface area (Å²) in [6.07, 6.45) is 5.90. The van der Waals surface area contributed by atoms with E-state index in [1.54, 1.807) is 6.08 Å². The van der Waals surface area contributed by atoms with E-state index in [2.05, 4.69) is 0 Å². The molecule has 0 aliphatic heterocycles. The number of aliphatic carboxylic acids is 1. The number of carboxylic acids is 1. The summed E-state index contributed by atoms with van der Waals surface area (Å²) in [6.45, 7) is 3.48. The highest BCUT2D eigenvalue weighted by Gasteiger charge is 2.23. The number of ketones is 1. The SMILES string of the molecule is CC(=O)C1=CC(C)C(CC(N)C(=O)O)C=C1. The van der Waals surface area contributed by atoms with Gasteiger partial charge in [-0.1, -0.05) is 25.2 Å². The Bertz CT molecular complexity index is 357. The lowest BCUT2D eigenvalue weighted by Gasteiger charge is -2.23. The number of Topliss-reactive ketones (excluding diaryl/α,β-unsaturated/α-hetero) is 1. The average molecular weight is 223 g/mol. The van der Waals surface area contributed by atoms with Gasteiger partial charge in [-0.25, -0.2) is 0 Å². The lowest BCUT2D eigenvalue weighted by Crippen LogP contribution is -2.33. The fourth-order valence-corrected chi connectivity index (χ4v) is 1.79. The van der Waals surface area contributed by atoms with Crippen LogP contribution < -0.4 is 5.73 Å². The number of carbonyl (C=O) groups excluding carboxylic acids is 1. The average Bonchev–Trinajstić information content (AvgIpc) is 2.20. The molecule has 0 radical (unpaired) electrons. The third-order valence-corrected chi connectivity index (χ3v) is 2.89. The van der Waals surface area contributed by atoms with Crippen LogP contribution in [0.25, 0.3) is 0 Å². The molecular formula is C12H17NO3. The topological polar surface area (TPSA) is 80.4 Å². The van der Waals surface area contributed by atoms with E-state index in [1.165, 1.54) is 6.92 Å². The summed E-state index contributed by atoms with van der Waals surface area (Å²) in [6, 6.07) is -0.843. The molecule has 4 heteroatoms. The zero-order valence-corrected chi connectivity index (χ0v) is 9.51. The predicted octanol–water partition coefficient (Wildman–Crippen LogP) is 1.13. The van der Waals surface area contributed by atoms with Crippen molar-refractivity contribution in [2.75, 3.05) is 0 Å². The van der Waals surface area contributed by atoms with E-state index in [4.69, 9.17) is 10.8 Å². The van der Waals surface area contributed by atoms with Crippen LogP contribution in [0.2, 0.25) is 0 Å². The first kappa shape index (κ1) is 12.6. The molecule has 3 unspecified atom stereocenters. The Morgan fingerprint density at radius 2 is 2.19 bits per heavy atom. The molecule has 0 amide bonds. The molecule has 3 atom stereocenters. The molecule has 0 aromatic rings. The lowest BCUT2D eigenvalue weighted by molar-refractivity contribution is -0.138. The fourth-order valence-electron chi connectivity index (χ4n) is 1.79. The second-order valence-electron chi connectivity index (χ2n) is 4.24. The first-order valence-corrected chi connectivity index (χ1v) is 5.31. The standard InChI is InChI=1S/C12H17NO3/c1-7-5-10(8(2)14)4-3-9(7)6-11(13)12(15)16/h3-5,7,9,11H,6,13H2,1-2H3,(H,15,16). The maximum atomic E-state index is 11.1. The molecule has 0 heterocycles. The summed E-state index contributed by atoms with van der Waals surface area (Å²) in [7, 11) is 0. The first-order chi connectivity index (χ1) is 7.41. The van der Waals surface area contributed by atoms with Crippen LogP contribution >= 0.6 is 0 Å². The van der Waals surface area contributed by atoms with E-state index >= 15 is 0 Å². The Kier molecular flexibility index (Phi) is 4.01. The van der Waals surface area contributed by atoms with Crippen LogP contribution in [-0.2, 0) is 9.59 Å². The Labute approximate surface area is 94.8 Å². The number of hydrogen-bond acceptors (Lipinski definition) is 3. The minimum absolute atomic E-state index is 0.0316. The van der Waals surface area contributed by atoms with Crippen molar-refractivity contribution >= 4 is 11.8 Å². The minimum Gasteiger partial charge on any atom is -0.480 e. The Morgan fingerprint density at radius 3 is 2.62 bits per heavy atom. The van der Waals surface area contributed by atoms with Crippen molar-refractivity contribution in [3.63, 3.8) is 0 Å². The van der Waals surface area contributed by atoms with E-state index < -0.39 is 12.0 Å². The second-order valence-corrected chi connectivity index (χ2v) is 4.24. The molecule has 0 aromatic carbocycles. The Morgan fingerprint density at radius 1 is 1.56 bits per heavy atom. The Hall–Kier alpha value is -1.42. The number of nitrogens with two attached hydrogens (primary N) is 1. The second kappa shape index (κ2) is 5.07. The molecule has 0 fully saturated rings. The highest BCUT2D eigenvalue weighted by molar-refractivity contribution is 5.96. The van der Waals surface area contributed by atoms with Crippen LogP contribution in [0.3, 0.4) is 0 Å². The summed E-state index contributed by atoms with van der Waals surface area (Å²) in [5.74, 6) is -0.713. The third kappa shape index (κ3) is 3.03. The van der Waals surface area contributed by atoms with Gasteiger partial charge in [0.1, 0.15) is 6.04 Å². The molecule has 0 bridgehead atoms. The summed E-state index contributed by atoms with van der Waals surface area (Å²) in [4.78, 5) is 21.8. The van der Waals surface area contributed by atoms with Crippen LogP contribution in [0, 0.1) is 11.8 Å². The smallest absolute Gasteiger partial charge is 0.320 e. The van der Waals surface area contributed by atoms with Crippen molar-refractivity contribution in [1.29, 1.82) is 0 Å². The number of carbonyl (C=O) groups is 2. The van der Waals surface area contributed by atoms with Crippen molar-refractivity contribution in [3.05, 3.63) is 23.8 Å². The highest BCUT2D eigenvalue weighted by atomic mass is 16.4. The number of rotatable bonds is 4. The van der Waals surface area contributed by atoms with Gasteiger partial charge in [-0.05, 0) is 25.2 Å². The van der Waals surface area contributed by atoms with Gasteiger partial charge in [0.25, 0.3) is 0 Å². The Balaban J connectivity index is 2.66. The van der Waals surface area contributed by atoms with Gasteiger partial charge in [-0.3, -0.25) is 9.59 Å². The molecule has 0 saturated heterocycles. The van der Waals surface area contributed by atoms with Gasteiger partial charge < -0.3 is 10.8 Å². The van der Waals surface area contributed by atoms with Gasteiger partial charge >= 0.3 is 5.97 Å². The molecule has 16 heavy (non-hydrogen) atoms. The number of hydrogen-bond donors (Lipinski definition) is 2. The monoisotopic (exact) mass is 223 g/mol. The summed E-state index contributed by atoms with van der Waals surface area (Å²) in [5, 5.41) is 8.72. The van der Waals surface area contributed by atoms with Gasteiger partial charge in [0.05, 0.1) is 0 Å². The molecule has 88 valence electrons. The molecule has 0 spiro atoms. The van der Waals surface area contributed by atoms with Crippen molar-refractivity contribution in [2.45, 2.75) is 26.3 Å². The van der Waals surface area contributed by atoms with E-state index in [0.717, 1.165) is 0 Å². The molecular weight excluding hydrogens is 206 g/mol. The van der Waals surface area contributed by atoms with Gasteiger partial charge in [0, 0.05) is 5.57 Å². The zero-order valence-electron chi connectivity index (χ0n) is 9.51. The molecule has 4 nitrogen and oxygen atoms in total. The molecule has 1 aliphatic carbocycles. The lowest BCUT2D eigenvalue weighted by atomic mass is 9.82. The quantitative estimate of drug-likeness (QED) is 0.748. The normalized spacial score (nSPS) is 26.1. The molecule has 3 N–H and O–H groups in total. The van der Waals surface area contributed by atoms with Crippen molar-refractivity contribution in [3.8, 4) is 0 Å². The van der Waals surface area contributed by atoms with E-state index in [-0.39, 0.29) is 17.6 Å². The van der Waals surface area contributed by atoms with Crippen LogP contribution in [0.4, 0.5) is 0 Å². The summed E-state index contributed by atoms with van der Waals surface area (Å²) >= 11 is 0. The van der Waals surface area contributed by atoms with Crippen molar-refractivity contribution in [1.82, 2.24) is 0 Å². The molecule has 0 aromatic heterocycles. The number of carboxylic acid groups (broad SMARTS) is 1. The largest absolute Gasteiger partial charge is 0.480 e.